The van der Waals surface area contributed by atoms with Gasteiger partial charge in [-0.3, -0.25) is 4.79 Å². The van der Waals surface area contributed by atoms with Gasteiger partial charge < -0.3 is 10.7 Å². The molecule has 4 heteroatoms. The Morgan fingerprint density at radius 3 is 2.55 bits per heavy atom. The SMILES string of the molecule is NC(=O)Cc1c(-c2ccccc2)[nH]c2c(Cl)cccc12. The van der Waals surface area contributed by atoms with E-state index in [1.54, 1.807) is 0 Å². The fourth-order valence-electron chi connectivity index (χ4n) is 2.45. The molecule has 20 heavy (non-hydrogen) atoms. The molecule has 0 aliphatic heterocycles. The molecular formula is C16H13ClN2O. The van der Waals surface area contributed by atoms with Gasteiger partial charge in [-0.25, -0.2) is 0 Å². The molecule has 1 aromatic heterocycles. The second kappa shape index (κ2) is 5.02. The first kappa shape index (κ1) is 12.8. The Hall–Kier alpha value is -2.26. The molecule has 0 saturated carbocycles. The normalized spacial score (nSPS) is 10.8. The van der Waals surface area contributed by atoms with E-state index in [0.717, 1.165) is 27.7 Å². The number of nitrogens with one attached hydrogen (secondary N) is 1. The number of halogens is 1. The van der Waals surface area contributed by atoms with Crippen molar-refractivity contribution in [2.45, 2.75) is 6.42 Å². The average molecular weight is 285 g/mol. The first-order valence-corrected chi connectivity index (χ1v) is 6.67. The standard InChI is InChI=1S/C16H13ClN2O/c17-13-8-4-7-11-12(9-14(18)20)15(19-16(11)13)10-5-2-1-3-6-10/h1-8,19H,9H2,(H2,18,20). The van der Waals surface area contributed by atoms with Crippen LogP contribution in [0.4, 0.5) is 0 Å². The van der Waals surface area contributed by atoms with Crippen LogP contribution in [0.1, 0.15) is 5.56 Å². The highest BCUT2D eigenvalue weighted by Crippen LogP contribution is 2.33. The number of para-hydroxylation sites is 1. The number of carbonyl (C=O) groups excluding carboxylic acids is 1. The number of aromatic nitrogens is 1. The van der Waals surface area contributed by atoms with Crippen molar-refractivity contribution in [2.24, 2.45) is 5.73 Å². The minimum absolute atomic E-state index is 0.185. The van der Waals surface area contributed by atoms with Gasteiger partial charge in [0.1, 0.15) is 0 Å². The van der Waals surface area contributed by atoms with Crippen LogP contribution in [0.25, 0.3) is 22.2 Å². The van der Waals surface area contributed by atoms with Gasteiger partial charge >= 0.3 is 0 Å². The summed E-state index contributed by atoms with van der Waals surface area (Å²) in [4.78, 5) is 14.7. The molecule has 0 fully saturated rings. The molecule has 3 nitrogen and oxygen atoms in total. The maximum atomic E-state index is 11.4. The third-order valence-electron chi connectivity index (χ3n) is 3.30. The van der Waals surface area contributed by atoms with Gasteiger partial charge in [-0.1, -0.05) is 54.1 Å². The van der Waals surface area contributed by atoms with E-state index in [1.165, 1.54) is 0 Å². The number of rotatable bonds is 3. The second-order valence-electron chi connectivity index (χ2n) is 4.65. The third kappa shape index (κ3) is 2.17. The van der Waals surface area contributed by atoms with E-state index in [4.69, 9.17) is 17.3 Å². The molecule has 1 heterocycles. The zero-order valence-electron chi connectivity index (χ0n) is 10.7. The molecule has 100 valence electrons. The number of nitrogens with two attached hydrogens (primary N) is 1. The van der Waals surface area contributed by atoms with E-state index in [-0.39, 0.29) is 12.3 Å². The Balaban J connectivity index is 2.30. The number of primary amides is 1. The number of benzene rings is 2. The quantitative estimate of drug-likeness (QED) is 0.759. The maximum Gasteiger partial charge on any atom is 0.221 e. The van der Waals surface area contributed by atoms with Gasteiger partial charge in [-0.05, 0) is 17.2 Å². The van der Waals surface area contributed by atoms with Crippen molar-refractivity contribution in [1.29, 1.82) is 0 Å². The van der Waals surface area contributed by atoms with Crippen molar-refractivity contribution < 1.29 is 4.79 Å². The van der Waals surface area contributed by atoms with Crippen LogP contribution in [0.3, 0.4) is 0 Å². The van der Waals surface area contributed by atoms with E-state index in [9.17, 15) is 4.79 Å². The van der Waals surface area contributed by atoms with Crippen LogP contribution in [-0.2, 0) is 11.2 Å². The van der Waals surface area contributed by atoms with Gasteiger partial charge in [-0.15, -0.1) is 0 Å². The van der Waals surface area contributed by atoms with E-state index in [1.807, 2.05) is 48.5 Å². The van der Waals surface area contributed by atoms with E-state index in [0.29, 0.717) is 5.02 Å². The summed E-state index contributed by atoms with van der Waals surface area (Å²) >= 11 is 6.22. The van der Waals surface area contributed by atoms with Crippen molar-refractivity contribution in [2.75, 3.05) is 0 Å². The molecule has 0 radical (unpaired) electrons. The van der Waals surface area contributed by atoms with Crippen LogP contribution >= 0.6 is 11.6 Å². The lowest BCUT2D eigenvalue weighted by Crippen LogP contribution is -2.13. The highest BCUT2D eigenvalue weighted by Gasteiger charge is 2.16. The van der Waals surface area contributed by atoms with Gasteiger partial charge in [0.15, 0.2) is 0 Å². The Morgan fingerprint density at radius 1 is 1.10 bits per heavy atom. The van der Waals surface area contributed by atoms with Gasteiger partial charge in [0, 0.05) is 5.39 Å². The molecule has 0 aliphatic carbocycles. The number of hydrogen-bond acceptors (Lipinski definition) is 1. The molecule has 1 amide bonds. The minimum atomic E-state index is -0.358. The summed E-state index contributed by atoms with van der Waals surface area (Å²) in [6.45, 7) is 0. The van der Waals surface area contributed by atoms with Crippen molar-refractivity contribution in [1.82, 2.24) is 4.98 Å². The number of amides is 1. The summed E-state index contributed by atoms with van der Waals surface area (Å²) < 4.78 is 0. The maximum absolute atomic E-state index is 11.4. The Bertz CT molecular complexity index is 778. The highest BCUT2D eigenvalue weighted by molar-refractivity contribution is 6.35. The predicted molar refractivity (Wildman–Crippen MR) is 81.6 cm³/mol. The monoisotopic (exact) mass is 284 g/mol. The summed E-state index contributed by atoms with van der Waals surface area (Å²) in [6.07, 6.45) is 0.185. The first-order chi connectivity index (χ1) is 9.66. The number of H-pyrrole nitrogens is 1. The molecule has 2 aromatic carbocycles. The summed E-state index contributed by atoms with van der Waals surface area (Å²) in [5.74, 6) is -0.358. The smallest absolute Gasteiger partial charge is 0.221 e. The third-order valence-corrected chi connectivity index (χ3v) is 3.62. The average Bonchev–Trinajstić information content (AvgIpc) is 2.80. The lowest BCUT2D eigenvalue weighted by atomic mass is 10.0. The largest absolute Gasteiger partial charge is 0.369 e. The minimum Gasteiger partial charge on any atom is -0.369 e. The zero-order valence-corrected chi connectivity index (χ0v) is 11.4. The number of carbonyl (C=O) groups is 1. The lowest BCUT2D eigenvalue weighted by Gasteiger charge is -2.03. The molecule has 0 bridgehead atoms. The van der Waals surface area contributed by atoms with Crippen LogP contribution < -0.4 is 5.73 Å². The molecule has 3 rings (SSSR count). The number of fused-ring (bicyclic) bond motifs is 1. The number of aromatic amines is 1. The van der Waals surface area contributed by atoms with Gasteiger partial charge in [0.25, 0.3) is 0 Å². The molecule has 0 atom stereocenters. The van der Waals surface area contributed by atoms with Crippen LogP contribution in [-0.4, -0.2) is 10.9 Å². The first-order valence-electron chi connectivity index (χ1n) is 6.29. The summed E-state index contributed by atoms with van der Waals surface area (Å²) in [7, 11) is 0. The Morgan fingerprint density at radius 2 is 1.85 bits per heavy atom. The molecular weight excluding hydrogens is 272 g/mol. The Kier molecular flexibility index (Phi) is 3.20. The molecule has 0 saturated heterocycles. The second-order valence-corrected chi connectivity index (χ2v) is 5.06. The summed E-state index contributed by atoms with van der Waals surface area (Å²) in [5.41, 5.74) is 9.01. The van der Waals surface area contributed by atoms with Crippen LogP contribution in [0, 0.1) is 0 Å². The van der Waals surface area contributed by atoms with Crippen molar-refractivity contribution in [3.63, 3.8) is 0 Å². The van der Waals surface area contributed by atoms with Gasteiger partial charge in [-0.2, -0.15) is 0 Å². The van der Waals surface area contributed by atoms with Gasteiger partial charge in [0.2, 0.25) is 5.91 Å². The molecule has 0 spiro atoms. The molecule has 3 aromatic rings. The van der Waals surface area contributed by atoms with Crippen LogP contribution in [0.5, 0.6) is 0 Å². The fourth-order valence-corrected chi connectivity index (χ4v) is 2.67. The lowest BCUT2D eigenvalue weighted by molar-refractivity contribution is -0.117. The van der Waals surface area contributed by atoms with E-state index in [2.05, 4.69) is 4.98 Å². The predicted octanol–water partition coefficient (Wildman–Crippen LogP) is 3.52. The zero-order chi connectivity index (χ0) is 14.1. The molecule has 0 unspecified atom stereocenters. The number of hydrogen-bond donors (Lipinski definition) is 2. The van der Waals surface area contributed by atoms with Crippen molar-refractivity contribution in [3.8, 4) is 11.3 Å². The molecule has 0 aliphatic rings. The topological polar surface area (TPSA) is 58.9 Å². The Labute approximate surface area is 121 Å². The summed E-state index contributed by atoms with van der Waals surface area (Å²) in [6, 6.07) is 15.5. The highest BCUT2D eigenvalue weighted by atomic mass is 35.5. The van der Waals surface area contributed by atoms with Crippen LogP contribution in [0.2, 0.25) is 5.02 Å². The molecule has 3 N–H and O–H groups in total. The summed E-state index contributed by atoms with van der Waals surface area (Å²) in [5, 5.41) is 1.57. The van der Waals surface area contributed by atoms with Crippen LogP contribution in [0.15, 0.2) is 48.5 Å². The van der Waals surface area contributed by atoms with Crippen molar-refractivity contribution in [3.05, 3.63) is 59.1 Å². The van der Waals surface area contributed by atoms with E-state index >= 15 is 0 Å². The van der Waals surface area contributed by atoms with Crippen molar-refractivity contribution >= 4 is 28.4 Å². The van der Waals surface area contributed by atoms with E-state index < -0.39 is 0 Å². The fraction of sp³-hybridized carbons (Fsp3) is 0.0625. The van der Waals surface area contributed by atoms with Gasteiger partial charge in [0.05, 0.1) is 22.7 Å².